The lowest BCUT2D eigenvalue weighted by Crippen LogP contribution is -2.44. The standard InChI is InChI=1S/C21H29F3N4O4S.C13H26N2O4/c1-20(2,3)32-19(29)27-15-6-12(7-16(15)31-11-30-5)28(4)17-14-8-13(9-21(22,23)24)33-18(14)26-10-25-17;1-13(2,3)19-12(16)15-10-6-9(14-4)7-11(10)18-8-17-5/h8,10,12,15-16H,6-7,9,11H2,1-5H3,(H,27,29);9-11,14H,6-8H2,1-5H3,(H,15,16)/t12-,15+,16+;9-,10+,11+/m00/s1. The molecule has 6 atom stereocenters. The first-order valence-electron chi connectivity index (χ1n) is 17.1. The molecule has 2 aromatic rings. The van der Waals surface area contributed by atoms with Crippen LogP contribution in [0.25, 0.3) is 10.2 Å². The Morgan fingerprint density at radius 2 is 1.40 bits per heavy atom. The maximum Gasteiger partial charge on any atom is 0.407 e. The van der Waals surface area contributed by atoms with Crippen LogP contribution in [0, 0.1) is 0 Å². The fourth-order valence-electron chi connectivity index (χ4n) is 6.06. The number of amides is 2. The van der Waals surface area contributed by atoms with Gasteiger partial charge in [-0.05, 0) is 80.3 Å². The van der Waals surface area contributed by atoms with Crippen molar-refractivity contribution in [3.8, 4) is 0 Å². The molecule has 2 heterocycles. The first kappa shape index (κ1) is 43.4. The number of thiophene rings is 1. The zero-order valence-electron chi connectivity index (χ0n) is 31.7. The number of fused-ring (bicyclic) bond motifs is 1. The van der Waals surface area contributed by atoms with Gasteiger partial charge in [0.15, 0.2) is 0 Å². The number of alkyl halides is 3. The van der Waals surface area contributed by atoms with Crippen LogP contribution in [0.2, 0.25) is 0 Å². The minimum absolute atomic E-state index is 0.0510. The molecule has 2 fully saturated rings. The summed E-state index contributed by atoms with van der Waals surface area (Å²) in [5.74, 6) is 0.540. The SMILES string of the molecule is CN[C@H]1C[C@@H](NC(=O)OC(C)(C)C)[C@H](OCOC)C1.COCO[C@@H]1C[C@@H](N(C)c2ncnc3sc(CC(F)(F)F)cc23)C[C@H]1NC(=O)OC(C)(C)C. The molecule has 2 aromatic heterocycles. The molecule has 0 unspecified atom stereocenters. The largest absolute Gasteiger partial charge is 0.444 e. The molecule has 2 aliphatic rings. The Hall–Kier alpha value is -3.03. The van der Waals surface area contributed by atoms with Crippen molar-refractivity contribution in [3.63, 3.8) is 0 Å². The molecule has 0 spiro atoms. The van der Waals surface area contributed by atoms with Crippen molar-refractivity contribution in [2.45, 2.75) is 127 Å². The van der Waals surface area contributed by atoms with Crippen LogP contribution >= 0.6 is 11.3 Å². The Kier molecular flexibility index (Phi) is 15.7. The first-order chi connectivity index (χ1) is 24.2. The Morgan fingerprint density at radius 3 is 1.90 bits per heavy atom. The monoisotopic (exact) mass is 764 g/mol. The number of nitrogens with one attached hydrogen (secondary N) is 3. The summed E-state index contributed by atoms with van der Waals surface area (Å²) >= 11 is 1.01. The molecule has 0 saturated heterocycles. The minimum atomic E-state index is -4.29. The van der Waals surface area contributed by atoms with Gasteiger partial charge in [0.1, 0.15) is 41.8 Å². The van der Waals surface area contributed by atoms with Crippen molar-refractivity contribution >= 4 is 39.6 Å². The molecular weight excluding hydrogens is 709 g/mol. The van der Waals surface area contributed by atoms with E-state index >= 15 is 0 Å². The predicted octanol–water partition coefficient (Wildman–Crippen LogP) is 5.53. The van der Waals surface area contributed by atoms with Gasteiger partial charge in [0, 0.05) is 38.2 Å². The molecule has 0 bridgehead atoms. The Bertz CT molecular complexity index is 1440. The zero-order valence-corrected chi connectivity index (χ0v) is 32.5. The number of rotatable bonds is 12. The summed E-state index contributed by atoms with van der Waals surface area (Å²) in [7, 11) is 6.84. The maximum absolute atomic E-state index is 12.9. The van der Waals surface area contributed by atoms with Crippen LogP contribution in [0.3, 0.4) is 0 Å². The van der Waals surface area contributed by atoms with E-state index in [1.165, 1.54) is 19.5 Å². The van der Waals surface area contributed by atoms with E-state index in [0.29, 0.717) is 34.9 Å². The molecule has 52 heavy (non-hydrogen) atoms. The van der Waals surface area contributed by atoms with Gasteiger partial charge in [-0.2, -0.15) is 13.2 Å². The summed E-state index contributed by atoms with van der Waals surface area (Å²) in [5.41, 5.74) is -1.13. The number of ether oxygens (including phenoxy) is 6. The number of hydrogen-bond donors (Lipinski definition) is 3. The highest BCUT2D eigenvalue weighted by Crippen LogP contribution is 2.36. The van der Waals surface area contributed by atoms with Crippen LogP contribution in [0.1, 0.15) is 72.1 Å². The van der Waals surface area contributed by atoms with E-state index in [9.17, 15) is 22.8 Å². The van der Waals surface area contributed by atoms with E-state index in [0.717, 1.165) is 24.2 Å². The van der Waals surface area contributed by atoms with E-state index in [1.807, 2.05) is 39.8 Å². The van der Waals surface area contributed by atoms with Gasteiger partial charge >= 0.3 is 18.4 Å². The third-order valence-corrected chi connectivity index (χ3v) is 9.25. The van der Waals surface area contributed by atoms with Crippen LogP contribution in [0.5, 0.6) is 0 Å². The van der Waals surface area contributed by atoms with Crippen molar-refractivity contribution in [1.29, 1.82) is 0 Å². The highest BCUT2D eigenvalue weighted by molar-refractivity contribution is 7.18. The molecule has 4 rings (SSSR count). The second-order valence-electron chi connectivity index (χ2n) is 14.8. The van der Waals surface area contributed by atoms with E-state index in [-0.39, 0.29) is 48.8 Å². The first-order valence-corrected chi connectivity index (χ1v) is 17.9. The molecule has 2 aliphatic carbocycles. The van der Waals surface area contributed by atoms with Crippen molar-refractivity contribution in [1.82, 2.24) is 25.9 Å². The number of methoxy groups -OCH3 is 2. The average Bonchev–Trinajstić information content (AvgIpc) is 3.72. The third kappa shape index (κ3) is 14.1. The van der Waals surface area contributed by atoms with Crippen molar-refractivity contribution < 1.29 is 51.2 Å². The lowest BCUT2D eigenvalue weighted by Gasteiger charge is -2.26. The van der Waals surface area contributed by atoms with Gasteiger partial charge in [-0.25, -0.2) is 19.6 Å². The van der Waals surface area contributed by atoms with Gasteiger partial charge < -0.3 is 49.3 Å². The van der Waals surface area contributed by atoms with Crippen LogP contribution in [0.4, 0.5) is 28.6 Å². The second-order valence-corrected chi connectivity index (χ2v) is 16.0. The molecule has 0 aromatic carbocycles. The average molecular weight is 765 g/mol. The molecule has 2 saturated carbocycles. The van der Waals surface area contributed by atoms with E-state index in [4.69, 9.17) is 28.4 Å². The Morgan fingerprint density at radius 1 is 0.865 bits per heavy atom. The fourth-order valence-corrected chi connectivity index (χ4v) is 7.08. The number of alkyl carbamates (subject to hydrolysis) is 2. The maximum atomic E-state index is 12.9. The third-order valence-electron chi connectivity index (χ3n) is 8.21. The minimum Gasteiger partial charge on any atom is -0.444 e. The number of aromatic nitrogens is 2. The van der Waals surface area contributed by atoms with Gasteiger partial charge in [0.2, 0.25) is 0 Å². The fraction of sp³-hybridized carbons (Fsp3) is 0.765. The van der Waals surface area contributed by atoms with Crippen molar-refractivity contribution in [2.75, 3.05) is 46.8 Å². The molecule has 296 valence electrons. The molecular formula is C34H55F3N6O8S. The number of carbonyl (C=O) groups excluding carboxylic acids is 2. The summed E-state index contributed by atoms with van der Waals surface area (Å²) in [5, 5.41) is 9.53. The van der Waals surface area contributed by atoms with Gasteiger partial charge in [-0.15, -0.1) is 11.3 Å². The topological polar surface area (TPSA) is 155 Å². The number of carbonyl (C=O) groups is 2. The number of hydrogen-bond acceptors (Lipinski definition) is 13. The summed E-state index contributed by atoms with van der Waals surface area (Å²) in [6, 6.07) is 1.37. The summed E-state index contributed by atoms with van der Waals surface area (Å²) in [6.07, 6.45) is -2.50. The zero-order chi connectivity index (χ0) is 38.9. The second kappa shape index (κ2) is 18.8. The smallest absolute Gasteiger partial charge is 0.407 e. The molecule has 0 radical (unpaired) electrons. The molecule has 14 nitrogen and oxygen atoms in total. The van der Waals surface area contributed by atoms with Gasteiger partial charge in [-0.1, -0.05) is 0 Å². The van der Waals surface area contributed by atoms with Crippen molar-refractivity contribution in [3.05, 3.63) is 17.3 Å². The van der Waals surface area contributed by atoms with E-state index < -0.39 is 36.0 Å². The van der Waals surface area contributed by atoms with Crippen LogP contribution in [0.15, 0.2) is 12.4 Å². The normalized spacial score (nSPS) is 23.6. The molecule has 2 amide bonds. The molecule has 18 heteroatoms. The van der Waals surface area contributed by atoms with Gasteiger partial charge in [-0.3, -0.25) is 0 Å². The highest BCUT2D eigenvalue weighted by atomic mass is 32.1. The van der Waals surface area contributed by atoms with Crippen molar-refractivity contribution in [2.24, 2.45) is 0 Å². The number of nitrogens with zero attached hydrogens (tertiary/aromatic N) is 3. The highest BCUT2D eigenvalue weighted by Gasteiger charge is 2.40. The van der Waals surface area contributed by atoms with Crippen LogP contribution < -0.4 is 20.9 Å². The summed E-state index contributed by atoms with van der Waals surface area (Å²) in [6.45, 7) is 11.2. The molecule has 0 aliphatic heterocycles. The number of halogens is 3. The van der Waals surface area contributed by atoms with Gasteiger partial charge in [0.05, 0.1) is 36.1 Å². The molecule has 3 N–H and O–H groups in total. The van der Waals surface area contributed by atoms with E-state index in [1.54, 1.807) is 27.9 Å². The van der Waals surface area contributed by atoms with E-state index in [2.05, 4.69) is 25.9 Å². The van der Waals surface area contributed by atoms with Crippen LogP contribution in [-0.4, -0.2) is 118 Å². The number of anilines is 1. The predicted molar refractivity (Wildman–Crippen MR) is 190 cm³/mol. The van der Waals surface area contributed by atoms with Crippen LogP contribution in [-0.2, 0) is 34.8 Å². The Balaban J connectivity index is 0.000000326. The Labute approximate surface area is 307 Å². The summed E-state index contributed by atoms with van der Waals surface area (Å²) in [4.78, 5) is 35.2. The lowest BCUT2D eigenvalue weighted by molar-refractivity contribution is -0.126. The lowest BCUT2D eigenvalue weighted by atomic mass is 10.2. The summed E-state index contributed by atoms with van der Waals surface area (Å²) < 4.78 is 70.5. The quantitative estimate of drug-likeness (QED) is 0.233. The van der Waals surface area contributed by atoms with Gasteiger partial charge in [0.25, 0.3) is 0 Å².